The van der Waals surface area contributed by atoms with Crippen molar-refractivity contribution < 1.29 is 14.3 Å². The van der Waals surface area contributed by atoms with Crippen LogP contribution in [0.3, 0.4) is 0 Å². The van der Waals surface area contributed by atoms with Crippen LogP contribution in [0.4, 0.5) is 5.82 Å². The van der Waals surface area contributed by atoms with Gasteiger partial charge in [0.1, 0.15) is 17.3 Å². The first-order valence-corrected chi connectivity index (χ1v) is 9.30. The number of carbonyl (C=O) groups is 1. The van der Waals surface area contributed by atoms with E-state index in [1.807, 2.05) is 30.3 Å². The number of benzene rings is 1. The molecule has 3 rings (SSSR count). The molecule has 0 spiro atoms. The Labute approximate surface area is 160 Å². The molecule has 0 saturated carbocycles. The van der Waals surface area contributed by atoms with Crippen molar-refractivity contribution in [2.45, 2.75) is 25.8 Å². The molecule has 0 bridgehead atoms. The second-order valence-corrected chi connectivity index (χ2v) is 6.76. The van der Waals surface area contributed by atoms with Crippen molar-refractivity contribution in [2.24, 2.45) is 0 Å². The highest BCUT2D eigenvalue weighted by Crippen LogP contribution is 2.27. The van der Waals surface area contributed by atoms with Crippen LogP contribution in [-0.2, 0) is 6.54 Å². The Bertz CT molecular complexity index is 788. The average molecular weight is 369 g/mol. The third-order valence-corrected chi connectivity index (χ3v) is 4.92. The minimum atomic E-state index is -0.0402. The van der Waals surface area contributed by atoms with Gasteiger partial charge in [-0.05, 0) is 43.5 Å². The zero-order chi connectivity index (χ0) is 19.2. The Morgan fingerprint density at radius 2 is 1.93 bits per heavy atom. The lowest BCUT2D eigenvalue weighted by Crippen LogP contribution is -2.34. The van der Waals surface area contributed by atoms with E-state index in [1.165, 1.54) is 6.42 Å². The van der Waals surface area contributed by atoms with Gasteiger partial charge in [-0.15, -0.1) is 0 Å². The minimum Gasteiger partial charge on any atom is -0.497 e. The first-order chi connectivity index (χ1) is 13.1. The molecule has 6 heteroatoms. The molecular weight excluding hydrogens is 342 g/mol. The maximum atomic E-state index is 13.1. The third-order valence-electron chi connectivity index (χ3n) is 4.92. The van der Waals surface area contributed by atoms with E-state index in [-0.39, 0.29) is 5.91 Å². The highest BCUT2D eigenvalue weighted by Gasteiger charge is 2.22. The van der Waals surface area contributed by atoms with Crippen molar-refractivity contribution in [2.75, 3.05) is 39.3 Å². The SMILES string of the molecule is COc1ccc(CN(C)C(=O)c2cccnc2N2CCCCC2)c(OC)c1. The molecule has 6 nitrogen and oxygen atoms in total. The highest BCUT2D eigenvalue weighted by atomic mass is 16.5. The Balaban J connectivity index is 1.80. The van der Waals surface area contributed by atoms with Crippen LogP contribution in [0.15, 0.2) is 36.5 Å². The number of nitrogens with zero attached hydrogens (tertiary/aromatic N) is 3. The summed E-state index contributed by atoms with van der Waals surface area (Å²) in [5, 5.41) is 0. The predicted octanol–water partition coefficient (Wildman–Crippen LogP) is 3.36. The van der Waals surface area contributed by atoms with Crippen LogP contribution in [0.5, 0.6) is 11.5 Å². The molecule has 144 valence electrons. The predicted molar refractivity (Wildman–Crippen MR) is 106 cm³/mol. The molecule has 0 aliphatic carbocycles. The summed E-state index contributed by atoms with van der Waals surface area (Å²) in [6, 6.07) is 9.32. The molecule has 1 aromatic carbocycles. The zero-order valence-electron chi connectivity index (χ0n) is 16.3. The van der Waals surface area contributed by atoms with Crippen LogP contribution >= 0.6 is 0 Å². The summed E-state index contributed by atoms with van der Waals surface area (Å²) in [6.45, 7) is 2.35. The van der Waals surface area contributed by atoms with Crippen LogP contribution in [-0.4, -0.2) is 50.1 Å². The van der Waals surface area contributed by atoms with Crippen molar-refractivity contribution in [3.63, 3.8) is 0 Å². The fourth-order valence-corrected chi connectivity index (χ4v) is 3.44. The minimum absolute atomic E-state index is 0.0402. The molecule has 1 aromatic heterocycles. The smallest absolute Gasteiger partial charge is 0.257 e. The normalized spacial score (nSPS) is 14.0. The van der Waals surface area contributed by atoms with Crippen molar-refractivity contribution in [3.8, 4) is 11.5 Å². The van der Waals surface area contributed by atoms with E-state index in [0.29, 0.717) is 17.9 Å². The first-order valence-electron chi connectivity index (χ1n) is 9.30. The van der Waals surface area contributed by atoms with Gasteiger partial charge in [-0.25, -0.2) is 4.98 Å². The van der Waals surface area contributed by atoms with E-state index < -0.39 is 0 Å². The molecule has 1 aliphatic heterocycles. The summed E-state index contributed by atoms with van der Waals surface area (Å²) in [6.07, 6.45) is 5.28. The van der Waals surface area contributed by atoms with Crippen LogP contribution in [0.2, 0.25) is 0 Å². The Kier molecular flexibility index (Phi) is 6.16. The number of piperidine rings is 1. The number of anilines is 1. The molecule has 0 unspecified atom stereocenters. The summed E-state index contributed by atoms with van der Waals surface area (Å²) in [4.78, 5) is 21.6. The maximum absolute atomic E-state index is 13.1. The van der Waals surface area contributed by atoms with E-state index in [0.717, 1.165) is 43.1 Å². The van der Waals surface area contributed by atoms with Gasteiger partial charge in [0.15, 0.2) is 0 Å². The van der Waals surface area contributed by atoms with E-state index in [9.17, 15) is 4.79 Å². The van der Waals surface area contributed by atoms with E-state index in [4.69, 9.17) is 9.47 Å². The topological polar surface area (TPSA) is 54.9 Å². The Morgan fingerprint density at radius 1 is 1.15 bits per heavy atom. The number of rotatable bonds is 6. The Morgan fingerprint density at radius 3 is 2.63 bits per heavy atom. The van der Waals surface area contributed by atoms with Crippen LogP contribution in [0.1, 0.15) is 35.2 Å². The standard InChI is InChI=1S/C21H27N3O3/c1-23(15-16-9-10-17(26-2)14-19(16)27-3)21(25)18-8-7-11-22-20(18)24-12-5-4-6-13-24/h7-11,14H,4-6,12-13,15H2,1-3H3. The summed E-state index contributed by atoms with van der Waals surface area (Å²) in [5.74, 6) is 2.18. The van der Waals surface area contributed by atoms with E-state index >= 15 is 0 Å². The monoisotopic (exact) mass is 369 g/mol. The van der Waals surface area contributed by atoms with Gasteiger partial charge in [0.2, 0.25) is 0 Å². The van der Waals surface area contributed by atoms with E-state index in [1.54, 1.807) is 32.4 Å². The molecule has 1 fully saturated rings. The highest BCUT2D eigenvalue weighted by molar-refractivity contribution is 5.98. The van der Waals surface area contributed by atoms with Gasteiger partial charge in [0.05, 0.1) is 19.8 Å². The molecule has 27 heavy (non-hydrogen) atoms. The molecular formula is C21H27N3O3. The number of hydrogen-bond donors (Lipinski definition) is 0. The van der Waals surface area contributed by atoms with Crippen LogP contribution < -0.4 is 14.4 Å². The fourth-order valence-electron chi connectivity index (χ4n) is 3.44. The van der Waals surface area contributed by atoms with Gasteiger partial charge in [-0.3, -0.25) is 4.79 Å². The second kappa shape index (κ2) is 8.75. The zero-order valence-corrected chi connectivity index (χ0v) is 16.3. The summed E-state index contributed by atoms with van der Waals surface area (Å²) in [7, 11) is 5.04. The average Bonchev–Trinajstić information content (AvgIpc) is 2.74. The Hall–Kier alpha value is -2.76. The molecule has 0 N–H and O–H groups in total. The summed E-state index contributed by atoms with van der Waals surface area (Å²) >= 11 is 0. The molecule has 2 heterocycles. The quantitative estimate of drug-likeness (QED) is 0.781. The van der Waals surface area contributed by atoms with Crippen molar-refractivity contribution in [1.29, 1.82) is 0 Å². The largest absolute Gasteiger partial charge is 0.497 e. The number of carbonyl (C=O) groups excluding carboxylic acids is 1. The van der Waals surface area contributed by atoms with Gasteiger partial charge < -0.3 is 19.3 Å². The number of aromatic nitrogens is 1. The van der Waals surface area contributed by atoms with Crippen LogP contribution in [0.25, 0.3) is 0 Å². The van der Waals surface area contributed by atoms with Crippen molar-refractivity contribution >= 4 is 11.7 Å². The molecule has 1 saturated heterocycles. The number of methoxy groups -OCH3 is 2. The number of pyridine rings is 1. The molecule has 1 amide bonds. The fraction of sp³-hybridized carbons (Fsp3) is 0.429. The van der Waals surface area contributed by atoms with Gasteiger partial charge in [-0.2, -0.15) is 0 Å². The number of hydrogen-bond acceptors (Lipinski definition) is 5. The molecule has 0 atom stereocenters. The molecule has 2 aromatic rings. The molecule has 1 aliphatic rings. The number of ether oxygens (including phenoxy) is 2. The lowest BCUT2D eigenvalue weighted by Gasteiger charge is -2.30. The first kappa shape index (κ1) is 19.0. The molecule has 0 radical (unpaired) electrons. The second-order valence-electron chi connectivity index (χ2n) is 6.76. The maximum Gasteiger partial charge on any atom is 0.257 e. The van der Waals surface area contributed by atoms with Gasteiger partial charge in [0, 0.05) is 44.5 Å². The van der Waals surface area contributed by atoms with Gasteiger partial charge in [0.25, 0.3) is 5.91 Å². The van der Waals surface area contributed by atoms with Gasteiger partial charge >= 0.3 is 0 Å². The third kappa shape index (κ3) is 4.32. The van der Waals surface area contributed by atoms with Gasteiger partial charge in [-0.1, -0.05) is 0 Å². The lowest BCUT2D eigenvalue weighted by molar-refractivity contribution is 0.0784. The van der Waals surface area contributed by atoms with E-state index in [2.05, 4.69) is 9.88 Å². The van der Waals surface area contributed by atoms with Crippen molar-refractivity contribution in [1.82, 2.24) is 9.88 Å². The van der Waals surface area contributed by atoms with Crippen LogP contribution in [0, 0.1) is 0 Å². The lowest BCUT2D eigenvalue weighted by atomic mass is 10.1. The van der Waals surface area contributed by atoms with Crippen molar-refractivity contribution in [3.05, 3.63) is 47.7 Å². The summed E-state index contributed by atoms with van der Waals surface area (Å²) in [5.41, 5.74) is 1.58. The number of amides is 1. The summed E-state index contributed by atoms with van der Waals surface area (Å²) < 4.78 is 10.7.